The van der Waals surface area contributed by atoms with Gasteiger partial charge in [0.1, 0.15) is 0 Å². The van der Waals surface area contributed by atoms with E-state index >= 15 is 0 Å². The fraction of sp³-hybridized carbons (Fsp3) is 0.462. The van der Waals surface area contributed by atoms with Gasteiger partial charge in [-0.2, -0.15) is 4.98 Å². The normalized spacial score (nSPS) is 11.6. The van der Waals surface area contributed by atoms with Crippen molar-refractivity contribution < 1.29 is 5.11 Å². The van der Waals surface area contributed by atoms with Crippen LogP contribution in [0.3, 0.4) is 0 Å². The zero-order chi connectivity index (χ0) is 13.3. The Bertz CT molecular complexity index is 561. The maximum absolute atomic E-state index is 10.0. The van der Waals surface area contributed by atoms with Gasteiger partial charge in [-0.25, -0.2) is 0 Å². The molecule has 0 bridgehead atoms. The predicted octanol–water partition coefficient (Wildman–Crippen LogP) is 3.22. The Balaban J connectivity index is 2.78. The van der Waals surface area contributed by atoms with Gasteiger partial charge in [-0.1, -0.05) is 25.4 Å². The molecule has 1 aromatic carbocycles. The van der Waals surface area contributed by atoms with Gasteiger partial charge in [0, 0.05) is 23.2 Å². The summed E-state index contributed by atoms with van der Waals surface area (Å²) >= 11 is 6.17. The Labute approximate surface area is 111 Å². The topological polar surface area (TPSA) is 64.1 Å². The van der Waals surface area contributed by atoms with E-state index in [9.17, 15) is 5.11 Å². The SMILES string of the molecule is CCC(CC)n1c(O)nc2ccc(Cl)c(CN)c21. The molecule has 0 saturated heterocycles. The standard InChI is InChI=1S/C13H18ClN3O/c1-3-8(4-2)17-12-9(7-15)10(14)5-6-11(12)16-13(17)18/h5-6,8H,3-4,7,15H2,1-2H3,(H,16,18). The molecule has 2 aromatic rings. The molecular weight excluding hydrogens is 250 g/mol. The first-order chi connectivity index (χ1) is 8.63. The summed E-state index contributed by atoms with van der Waals surface area (Å²) in [6.07, 6.45) is 1.85. The minimum absolute atomic E-state index is 0.0377. The van der Waals surface area contributed by atoms with Gasteiger partial charge in [0.05, 0.1) is 11.0 Å². The fourth-order valence-corrected chi connectivity index (χ4v) is 2.64. The summed E-state index contributed by atoms with van der Waals surface area (Å²) in [6, 6.07) is 3.83. The number of imidazole rings is 1. The average molecular weight is 268 g/mol. The number of nitrogens with zero attached hydrogens (tertiary/aromatic N) is 2. The predicted molar refractivity (Wildman–Crippen MR) is 73.9 cm³/mol. The third-order valence-corrected chi connectivity index (χ3v) is 3.75. The molecule has 0 unspecified atom stereocenters. The van der Waals surface area contributed by atoms with E-state index in [2.05, 4.69) is 18.8 Å². The first-order valence-electron chi connectivity index (χ1n) is 6.22. The lowest BCUT2D eigenvalue weighted by Crippen LogP contribution is -2.09. The minimum atomic E-state index is 0.0377. The lowest BCUT2D eigenvalue weighted by Gasteiger charge is -2.18. The molecule has 0 amide bonds. The second-order valence-electron chi connectivity index (χ2n) is 4.35. The van der Waals surface area contributed by atoms with Crippen molar-refractivity contribution in [2.75, 3.05) is 0 Å². The van der Waals surface area contributed by atoms with E-state index in [1.165, 1.54) is 0 Å². The van der Waals surface area contributed by atoms with Crippen molar-refractivity contribution >= 4 is 22.6 Å². The molecule has 98 valence electrons. The first-order valence-corrected chi connectivity index (χ1v) is 6.60. The minimum Gasteiger partial charge on any atom is -0.480 e. The molecule has 0 atom stereocenters. The highest BCUT2D eigenvalue weighted by Crippen LogP contribution is 2.33. The molecule has 1 aromatic heterocycles. The maximum atomic E-state index is 10.0. The molecule has 0 fully saturated rings. The number of benzene rings is 1. The highest BCUT2D eigenvalue weighted by Gasteiger charge is 2.19. The van der Waals surface area contributed by atoms with Gasteiger partial charge in [0.25, 0.3) is 6.01 Å². The van der Waals surface area contributed by atoms with Crippen LogP contribution in [0.1, 0.15) is 38.3 Å². The van der Waals surface area contributed by atoms with Crippen molar-refractivity contribution in [1.82, 2.24) is 9.55 Å². The van der Waals surface area contributed by atoms with Crippen molar-refractivity contribution in [3.63, 3.8) is 0 Å². The van der Waals surface area contributed by atoms with E-state index in [4.69, 9.17) is 17.3 Å². The van der Waals surface area contributed by atoms with E-state index in [0.717, 1.165) is 29.4 Å². The van der Waals surface area contributed by atoms with Crippen LogP contribution in [-0.4, -0.2) is 14.7 Å². The van der Waals surface area contributed by atoms with Crippen LogP contribution >= 0.6 is 11.6 Å². The van der Waals surface area contributed by atoms with Crippen LogP contribution in [0.4, 0.5) is 0 Å². The number of aromatic nitrogens is 2. The van der Waals surface area contributed by atoms with Crippen molar-refractivity contribution in [3.8, 4) is 6.01 Å². The molecule has 0 radical (unpaired) electrons. The maximum Gasteiger partial charge on any atom is 0.295 e. The summed E-state index contributed by atoms with van der Waals surface area (Å²) in [5.74, 6) is 0. The lowest BCUT2D eigenvalue weighted by molar-refractivity contribution is 0.361. The molecular formula is C13H18ClN3O. The number of hydrogen-bond acceptors (Lipinski definition) is 3. The summed E-state index contributed by atoms with van der Waals surface area (Å²) < 4.78 is 1.85. The van der Waals surface area contributed by atoms with Gasteiger partial charge in [-0.3, -0.25) is 4.57 Å². The molecule has 0 aliphatic carbocycles. The van der Waals surface area contributed by atoms with Crippen molar-refractivity contribution in [3.05, 3.63) is 22.7 Å². The van der Waals surface area contributed by atoms with Gasteiger partial charge < -0.3 is 10.8 Å². The van der Waals surface area contributed by atoms with E-state index in [0.29, 0.717) is 11.6 Å². The van der Waals surface area contributed by atoms with Gasteiger partial charge in [-0.05, 0) is 25.0 Å². The van der Waals surface area contributed by atoms with Crippen molar-refractivity contribution in [2.45, 2.75) is 39.3 Å². The van der Waals surface area contributed by atoms with Crippen LogP contribution in [0.15, 0.2) is 12.1 Å². The molecule has 2 rings (SSSR count). The molecule has 4 nitrogen and oxygen atoms in total. The number of rotatable bonds is 4. The smallest absolute Gasteiger partial charge is 0.295 e. The average Bonchev–Trinajstić information content (AvgIpc) is 2.69. The largest absolute Gasteiger partial charge is 0.480 e. The number of halogens is 1. The quantitative estimate of drug-likeness (QED) is 0.894. The fourth-order valence-electron chi connectivity index (χ4n) is 2.41. The Hall–Kier alpha value is -1.26. The van der Waals surface area contributed by atoms with Crippen LogP contribution in [0.2, 0.25) is 5.02 Å². The first kappa shape index (κ1) is 13.2. The number of fused-ring (bicyclic) bond motifs is 1. The Morgan fingerprint density at radius 2 is 2.06 bits per heavy atom. The van der Waals surface area contributed by atoms with Crippen LogP contribution < -0.4 is 5.73 Å². The van der Waals surface area contributed by atoms with Crippen LogP contribution in [-0.2, 0) is 6.54 Å². The van der Waals surface area contributed by atoms with Crippen LogP contribution in [0.25, 0.3) is 11.0 Å². The molecule has 0 aliphatic rings. The second kappa shape index (κ2) is 5.16. The lowest BCUT2D eigenvalue weighted by atomic mass is 10.1. The molecule has 3 N–H and O–H groups in total. The molecule has 1 heterocycles. The summed E-state index contributed by atoms with van der Waals surface area (Å²) in [5, 5.41) is 10.7. The zero-order valence-electron chi connectivity index (χ0n) is 10.7. The number of aromatic hydroxyl groups is 1. The summed E-state index contributed by atoms with van der Waals surface area (Å²) in [5.41, 5.74) is 8.21. The Morgan fingerprint density at radius 3 is 2.61 bits per heavy atom. The van der Waals surface area contributed by atoms with Gasteiger partial charge in [0.2, 0.25) is 0 Å². The zero-order valence-corrected chi connectivity index (χ0v) is 11.4. The van der Waals surface area contributed by atoms with E-state index in [1.54, 1.807) is 6.07 Å². The Morgan fingerprint density at radius 1 is 1.39 bits per heavy atom. The Kier molecular flexibility index (Phi) is 3.78. The molecule has 0 aliphatic heterocycles. The van der Waals surface area contributed by atoms with Crippen LogP contribution in [0.5, 0.6) is 6.01 Å². The van der Waals surface area contributed by atoms with Crippen molar-refractivity contribution in [1.29, 1.82) is 0 Å². The molecule has 0 saturated carbocycles. The van der Waals surface area contributed by atoms with Crippen molar-refractivity contribution in [2.24, 2.45) is 5.73 Å². The highest BCUT2D eigenvalue weighted by atomic mass is 35.5. The number of hydrogen-bond donors (Lipinski definition) is 2. The highest BCUT2D eigenvalue weighted by molar-refractivity contribution is 6.32. The van der Waals surface area contributed by atoms with Gasteiger partial charge >= 0.3 is 0 Å². The third-order valence-electron chi connectivity index (χ3n) is 3.39. The monoisotopic (exact) mass is 267 g/mol. The van der Waals surface area contributed by atoms with E-state index in [1.807, 2.05) is 10.6 Å². The number of nitrogens with two attached hydrogens (primary N) is 1. The third kappa shape index (κ3) is 1.95. The van der Waals surface area contributed by atoms with E-state index < -0.39 is 0 Å². The van der Waals surface area contributed by atoms with Gasteiger partial charge in [-0.15, -0.1) is 0 Å². The van der Waals surface area contributed by atoms with E-state index in [-0.39, 0.29) is 12.1 Å². The molecule has 5 heteroatoms. The summed E-state index contributed by atoms with van der Waals surface area (Å²) in [7, 11) is 0. The molecule has 18 heavy (non-hydrogen) atoms. The second-order valence-corrected chi connectivity index (χ2v) is 4.76. The summed E-state index contributed by atoms with van der Waals surface area (Å²) in [6.45, 7) is 4.51. The molecule has 0 spiro atoms. The van der Waals surface area contributed by atoms with Crippen LogP contribution in [0, 0.1) is 0 Å². The van der Waals surface area contributed by atoms with Gasteiger partial charge in [0.15, 0.2) is 0 Å². The summed E-state index contributed by atoms with van der Waals surface area (Å²) in [4.78, 5) is 4.18.